The molecule has 1 N–H and O–H groups in total. The molecule has 0 amide bonds. The zero-order valence-electron chi connectivity index (χ0n) is 7.35. The van der Waals surface area contributed by atoms with Crippen LogP contribution in [0.3, 0.4) is 0 Å². The first-order valence-corrected chi connectivity index (χ1v) is 3.70. The molecule has 0 radical (unpaired) electrons. The Labute approximate surface area is 85.5 Å². The van der Waals surface area contributed by atoms with E-state index in [1.807, 2.05) is 0 Å². The number of carboxylic acids is 1. The minimum atomic E-state index is -3.48. The van der Waals surface area contributed by atoms with Crippen molar-refractivity contribution in [1.82, 2.24) is 4.98 Å². The van der Waals surface area contributed by atoms with Gasteiger partial charge < -0.3 is 15.2 Å². The molecule has 0 aliphatic carbocycles. The lowest BCUT2D eigenvalue weighted by Gasteiger charge is -2.05. The number of hydrogen-bond acceptors (Lipinski definition) is 4. The summed E-state index contributed by atoms with van der Waals surface area (Å²) in [6, 6.07) is 0. The van der Waals surface area contributed by atoms with Crippen LogP contribution in [0.5, 0.6) is 0 Å². The predicted octanol–water partition coefficient (Wildman–Crippen LogP) is 1.76. The average molecular weight is 236 g/mol. The van der Waals surface area contributed by atoms with E-state index in [2.05, 4.69) is 4.98 Å². The van der Waals surface area contributed by atoms with Gasteiger partial charge in [0, 0.05) is 0 Å². The maximum absolute atomic E-state index is 12.9. The number of rotatable bonds is 3. The normalized spacial score (nSPS) is 10.5. The number of aromatic nitrogens is 1. The first kappa shape index (κ1) is 11.9. The molecule has 0 atom stereocenters. The maximum Gasteiger partial charge on any atom is 0.378 e. The molecule has 0 aliphatic heterocycles. The molecule has 0 aromatic carbocycles. The number of pyridine rings is 1. The second-order valence-corrected chi connectivity index (χ2v) is 2.58. The van der Waals surface area contributed by atoms with Crippen molar-refractivity contribution in [2.45, 2.75) is 6.43 Å². The quantitative estimate of drug-likeness (QED) is 0.637. The van der Waals surface area contributed by atoms with Gasteiger partial charge in [-0.3, -0.25) is 0 Å². The van der Waals surface area contributed by atoms with Gasteiger partial charge in [0.05, 0.1) is 5.56 Å². The maximum atomic E-state index is 12.9. The lowest BCUT2D eigenvalue weighted by molar-refractivity contribution is -0.390. The zero-order chi connectivity index (χ0) is 12.5. The molecule has 1 heterocycles. The summed E-state index contributed by atoms with van der Waals surface area (Å²) in [5.74, 6) is -4.95. The van der Waals surface area contributed by atoms with Gasteiger partial charge in [-0.1, -0.05) is 0 Å². The Kier molecular flexibility index (Phi) is 3.06. The molecule has 6 nitrogen and oxygen atoms in total. The van der Waals surface area contributed by atoms with Gasteiger partial charge in [-0.2, -0.15) is 0 Å². The van der Waals surface area contributed by atoms with Gasteiger partial charge in [0.1, 0.15) is 0 Å². The number of nitro groups is 1. The van der Waals surface area contributed by atoms with Gasteiger partial charge in [0.2, 0.25) is 0 Å². The average Bonchev–Trinajstić information content (AvgIpc) is 2.15. The van der Waals surface area contributed by atoms with Crippen LogP contribution in [0.25, 0.3) is 0 Å². The molecule has 1 aromatic heterocycles. The van der Waals surface area contributed by atoms with Crippen molar-refractivity contribution >= 4 is 11.8 Å². The Bertz CT molecular complexity index is 463. The van der Waals surface area contributed by atoms with Crippen molar-refractivity contribution in [2.24, 2.45) is 0 Å². The minimum absolute atomic E-state index is 0.187. The van der Waals surface area contributed by atoms with Gasteiger partial charge in [-0.15, -0.1) is 0 Å². The van der Waals surface area contributed by atoms with E-state index in [9.17, 15) is 28.1 Å². The first-order valence-electron chi connectivity index (χ1n) is 3.70. The van der Waals surface area contributed by atoms with Crippen LogP contribution in [0.15, 0.2) is 6.20 Å². The van der Waals surface area contributed by atoms with Gasteiger partial charge in [0.25, 0.3) is 6.43 Å². The van der Waals surface area contributed by atoms with Crippen molar-refractivity contribution in [1.29, 1.82) is 0 Å². The SMILES string of the molecule is O=C(O)c1c([N+](=O)[O-])ncc(F)c1C(F)F. The van der Waals surface area contributed by atoms with E-state index >= 15 is 0 Å². The third-order valence-corrected chi connectivity index (χ3v) is 1.66. The van der Waals surface area contributed by atoms with Crippen LogP contribution in [-0.2, 0) is 0 Å². The molecule has 0 saturated carbocycles. The fourth-order valence-corrected chi connectivity index (χ4v) is 1.05. The Morgan fingerprint density at radius 2 is 2.12 bits per heavy atom. The Hall–Kier alpha value is -2.19. The van der Waals surface area contributed by atoms with Gasteiger partial charge >= 0.3 is 11.8 Å². The highest BCUT2D eigenvalue weighted by Crippen LogP contribution is 2.30. The van der Waals surface area contributed by atoms with Crippen molar-refractivity contribution < 1.29 is 28.0 Å². The summed E-state index contributed by atoms with van der Waals surface area (Å²) in [5, 5.41) is 18.8. The van der Waals surface area contributed by atoms with Crippen molar-refractivity contribution in [3.05, 3.63) is 33.3 Å². The highest BCUT2D eigenvalue weighted by atomic mass is 19.3. The van der Waals surface area contributed by atoms with Crippen LogP contribution in [-0.4, -0.2) is 21.0 Å². The molecule has 0 spiro atoms. The molecule has 0 fully saturated rings. The van der Waals surface area contributed by atoms with E-state index in [1.165, 1.54) is 0 Å². The van der Waals surface area contributed by atoms with Crippen molar-refractivity contribution in [2.75, 3.05) is 0 Å². The molecule has 9 heteroatoms. The van der Waals surface area contributed by atoms with Crippen molar-refractivity contribution in [3.8, 4) is 0 Å². The highest BCUT2D eigenvalue weighted by molar-refractivity contribution is 5.93. The second kappa shape index (κ2) is 4.13. The number of aromatic carboxylic acids is 1. The smallest absolute Gasteiger partial charge is 0.378 e. The monoisotopic (exact) mass is 236 g/mol. The third-order valence-electron chi connectivity index (χ3n) is 1.66. The topological polar surface area (TPSA) is 93.3 Å². The van der Waals surface area contributed by atoms with E-state index in [1.54, 1.807) is 0 Å². The second-order valence-electron chi connectivity index (χ2n) is 2.58. The van der Waals surface area contributed by atoms with Crippen LogP contribution in [0.1, 0.15) is 22.3 Å². The highest BCUT2D eigenvalue weighted by Gasteiger charge is 2.33. The first-order chi connectivity index (χ1) is 7.36. The van der Waals surface area contributed by atoms with E-state index in [4.69, 9.17) is 5.11 Å². The molecule has 0 aliphatic rings. The third kappa shape index (κ3) is 1.92. The summed E-state index contributed by atoms with van der Waals surface area (Å²) in [6.45, 7) is 0. The Morgan fingerprint density at radius 3 is 2.50 bits per heavy atom. The summed E-state index contributed by atoms with van der Waals surface area (Å²) in [7, 11) is 0. The Morgan fingerprint density at radius 1 is 1.56 bits per heavy atom. The molecular weight excluding hydrogens is 233 g/mol. The van der Waals surface area contributed by atoms with Crippen LogP contribution in [0.4, 0.5) is 19.0 Å². The fraction of sp³-hybridized carbons (Fsp3) is 0.143. The summed E-state index contributed by atoms with van der Waals surface area (Å²) in [6.07, 6.45) is -3.29. The molecule has 86 valence electrons. The lowest BCUT2D eigenvalue weighted by Crippen LogP contribution is -2.11. The lowest BCUT2D eigenvalue weighted by atomic mass is 10.1. The van der Waals surface area contributed by atoms with Crippen molar-refractivity contribution in [3.63, 3.8) is 0 Å². The largest absolute Gasteiger partial charge is 0.477 e. The number of nitrogens with zero attached hydrogens (tertiary/aromatic N) is 2. The molecule has 1 rings (SSSR count). The molecular formula is C7H3F3N2O4. The zero-order valence-corrected chi connectivity index (χ0v) is 7.35. The minimum Gasteiger partial charge on any atom is -0.477 e. The molecule has 0 unspecified atom stereocenters. The summed E-state index contributed by atoms with van der Waals surface area (Å²) >= 11 is 0. The van der Waals surface area contributed by atoms with Crippen LogP contribution in [0, 0.1) is 15.9 Å². The molecule has 0 bridgehead atoms. The molecule has 16 heavy (non-hydrogen) atoms. The summed E-state index contributed by atoms with van der Waals surface area (Å²) in [5.41, 5.74) is -2.96. The number of carbonyl (C=O) groups is 1. The van der Waals surface area contributed by atoms with Gasteiger partial charge in [0.15, 0.2) is 17.6 Å². The molecule has 1 aromatic rings. The van der Waals surface area contributed by atoms with Gasteiger partial charge in [-0.25, -0.2) is 18.0 Å². The van der Waals surface area contributed by atoms with E-state index in [-0.39, 0.29) is 6.20 Å². The predicted molar refractivity (Wildman–Crippen MR) is 42.8 cm³/mol. The van der Waals surface area contributed by atoms with Gasteiger partial charge in [-0.05, 0) is 9.91 Å². The number of halogens is 3. The van der Waals surface area contributed by atoms with Crippen LogP contribution < -0.4 is 0 Å². The summed E-state index contributed by atoms with van der Waals surface area (Å²) < 4.78 is 37.6. The van der Waals surface area contributed by atoms with Crippen LogP contribution in [0.2, 0.25) is 0 Å². The molecule has 0 saturated heterocycles. The standard InChI is InChI=1S/C7H3F3N2O4/c8-2-1-11-6(12(15)16)4(7(13)14)3(2)5(9)10/h1,5H,(H,13,14). The van der Waals surface area contributed by atoms with E-state index in [0.717, 1.165) is 0 Å². The van der Waals surface area contributed by atoms with E-state index < -0.39 is 40.1 Å². The fourth-order valence-electron chi connectivity index (χ4n) is 1.05. The van der Waals surface area contributed by atoms with E-state index in [0.29, 0.717) is 0 Å². The summed E-state index contributed by atoms with van der Waals surface area (Å²) in [4.78, 5) is 22.5. The van der Waals surface area contributed by atoms with Crippen LogP contribution >= 0.6 is 0 Å². The number of hydrogen-bond donors (Lipinski definition) is 1. The number of alkyl halides is 2. The Balaban J connectivity index is 3.63. The number of carboxylic acid groups (broad SMARTS) is 1.